The normalized spacial score (nSPS) is 15.0. The second-order valence-corrected chi connectivity index (χ2v) is 8.59. The highest BCUT2D eigenvalue weighted by Gasteiger charge is 2.30. The van der Waals surface area contributed by atoms with Crippen molar-refractivity contribution in [2.75, 3.05) is 11.9 Å². The Morgan fingerprint density at radius 2 is 1.73 bits per heavy atom. The van der Waals surface area contributed by atoms with E-state index in [2.05, 4.69) is 5.32 Å². The number of nitrogens with one attached hydrogen (secondary N) is 1. The van der Waals surface area contributed by atoms with Crippen molar-refractivity contribution in [1.29, 1.82) is 0 Å². The summed E-state index contributed by atoms with van der Waals surface area (Å²) in [6, 6.07) is 13.4. The third-order valence-corrected chi connectivity index (χ3v) is 6.89. The van der Waals surface area contributed by atoms with E-state index in [1.54, 1.807) is 42.5 Å². The first kappa shape index (κ1) is 18.5. The average molecular weight is 373 g/mol. The molecule has 0 heterocycles. The fraction of sp³-hybridized carbons (Fsp3) is 0.350. The molecule has 0 aromatic heterocycles. The molecule has 6 heteroatoms. The number of hydrogen-bond donors (Lipinski definition) is 1. The largest absolute Gasteiger partial charge is 0.493 e. The molecule has 26 heavy (non-hydrogen) atoms. The zero-order valence-corrected chi connectivity index (χ0v) is 15.6. The quantitative estimate of drug-likeness (QED) is 0.829. The maximum atomic E-state index is 12.6. The van der Waals surface area contributed by atoms with Crippen molar-refractivity contribution in [3.05, 3.63) is 54.1 Å². The van der Waals surface area contributed by atoms with Crippen molar-refractivity contribution in [2.45, 2.75) is 42.8 Å². The molecular weight excluding hydrogens is 350 g/mol. The molecule has 5 nitrogen and oxygen atoms in total. The summed E-state index contributed by atoms with van der Waals surface area (Å²) in [5.41, 5.74) is 0.990. The summed E-state index contributed by atoms with van der Waals surface area (Å²) in [7, 11) is -3.28. The third kappa shape index (κ3) is 3.90. The molecule has 1 fully saturated rings. The molecular formula is C20H23NO4S. The molecule has 1 amide bonds. The fourth-order valence-corrected chi connectivity index (χ4v) is 5.11. The number of amides is 1. The summed E-state index contributed by atoms with van der Waals surface area (Å²) in [6.45, 7) is 2.33. The van der Waals surface area contributed by atoms with Gasteiger partial charge in [-0.1, -0.05) is 25.0 Å². The van der Waals surface area contributed by atoms with Gasteiger partial charge in [0.25, 0.3) is 5.91 Å². The number of anilines is 1. The van der Waals surface area contributed by atoms with Gasteiger partial charge in [-0.2, -0.15) is 0 Å². The molecule has 0 atom stereocenters. The molecule has 1 N–H and O–H groups in total. The molecule has 1 aliphatic rings. The van der Waals surface area contributed by atoms with Crippen LogP contribution in [-0.2, 0) is 9.84 Å². The van der Waals surface area contributed by atoms with Gasteiger partial charge in [0, 0.05) is 5.69 Å². The Bertz CT molecular complexity index is 869. The van der Waals surface area contributed by atoms with Crippen molar-refractivity contribution in [1.82, 2.24) is 0 Å². The van der Waals surface area contributed by atoms with Crippen LogP contribution in [0.1, 0.15) is 43.0 Å². The standard InChI is InChI=1S/C20H23NO4S/c1-2-25-19-10-6-5-9-18(19)20(22)21-15-11-13-17(14-12-15)26(23,24)16-7-3-4-8-16/h5-6,9-14,16H,2-4,7-8H2,1H3,(H,21,22). The van der Waals surface area contributed by atoms with E-state index in [1.165, 1.54) is 0 Å². The predicted octanol–water partition coefficient (Wildman–Crippen LogP) is 4.05. The average Bonchev–Trinajstić information content (AvgIpc) is 3.18. The minimum Gasteiger partial charge on any atom is -0.493 e. The molecule has 0 bridgehead atoms. The van der Waals surface area contributed by atoms with E-state index in [0.717, 1.165) is 25.7 Å². The maximum absolute atomic E-state index is 12.6. The van der Waals surface area contributed by atoms with Crippen LogP contribution < -0.4 is 10.1 Å². The van der Waals surface area contributed by atoms with Crippen molar-refractivity contribution in [2.24, 2.45) is 0 Å². The van der Waals surface area contributed by atoms with Crippen LogP contribution in [0.15, 0.2) is 53.4 Å². The summed E-state index contributed by atoms with van der Waals surface area (Å²) in [5, 5.41) is 2.51. The lowest BCUT2D eigenvalue weighted by molar-refractivity contribution is 0.102. The van der Waals surface area contributed by atoms with Crippen LogP contribution in [0.25, 0.3) is 0 Å². The predicted molar refractivity (Wildman–Crippen MR) is 101 cm³/mol. The first-order chi connectivity index (χ1) is 12.5. The smallest absolute Gasteiger partial charge is 0.259 e. The van der Waals surface area contributed by atoms with Crippen molar-refractivity contribution in [3.63, 3.8) is 0 Å². The monoisotopic (exact) mass is 373 g/mol. The fourth-order valence-electron chi connectivity index (χ4n) is 3.25. The van der Waals surface area contributed by atoms with Crippen LogP contribution in [0, 0.1) is 0 Å². The van der Waals surface area contributed by atoms with E-state index in [1.807, 2.05) is 13.0 Å². The maximum Gasteiger partial charge on any atom is 0.259 e. The van der Waals surface area contributed by atoms with E-state index in [0.29, 0.717) is 28.5 Å². The zero-order chi connectivity index (χ0) is 18.6. The summed E-state index contributed by atoms with van der Waals surface area (Å²) < 4.78 is 30.7. The van der Waals surface area contributed by atoms with Gasteiger partial charge in [0.15, 0.2) is 9.84 Å². The molecule has 1 aliphatic carbocycles. The lowest BCUT2D eigenvalue weighted by atomic mass is 10.2. The highest BCUT2D eigenvalue weighted by atomic mass is 32.2. The Kier molecular flexibility index (Phi) is 5.61. The topological polar surface area (TPSA) is 72.5 Å². The lowest BCUT2D eigenvalue weighted by Gasteiger charge is -2.13. The molecule has 138 valence electrons. The summed E-state index contributed by atoms with van der Waals surface area (Å²) in [4.78, 5) is 12.8. The Balaban J connectivity index is 1.74. The van der Waals surface area contributed by atoms with Crippen LogP contribution in [0.2, 0.25) is 0 Å². The Hall–Kier alpha value is -2.34. The molecule has 0 aliphatic heterocycles. The van der Waals surface area contributed by atoms with E-state index in [-0.39, 0.29) is 11.2 Å². The highest BCUT2D eigenvalue weighted by Crippen LogP contribution is 2.30. The van der Waals surface area contributed by atoms with Crippen LogP contribution in [0.4, 0.5) is 5.69 Å². The molecule has 0 saturated heterocycles. The van der Waals surface area contributed by atoms with Gasteiger partial charge < -0.3 is 10.1 Å². The second kappa shape index (κ2) is 7.91. The molecule has 0 unspecified atom stereocenters. The summed E-state index contributed by atoms with van der Waals surface area (Å²) in [5.74, 6) is 0.230. The number of benzene rings is 2. The minimum absolute atomic E-state index is 0.277. The van der Waals surface area contributed by atoms with Crippen molar-refractivity contribution in [3.8, 4) is 5.75 Å². The number of rotatable bonds is 6. The van der Waals surface area contributed by atoms with Gasteiger partial charge in [0.2, 0.25) is 0 Å². The van der Waals surface area contributed by atoms with Gasteiger partial charge >= 0.3 is 0 Å². The van der Waals surface area contributed by atoms with Crippen LogP contribution in [0.5, 0.6) is 5.75 Å². The van der Waals surface area contributed by atoms with E-state index >= 15 is 0 Å². The number of sulfone groups is 1. The van der Waals surface area contributed by atoms with E-state index in [4.69, 9.17) is 4.74 Å². The molecule has 0 spiro atoms. The van der Waals surface area contributed by atoms with Crippen molar-refractivity contribution >= 4 is 21.4 Å². The number of carbonyl (C=O) groups excluding carboxylic acids is 1. The Morgan fingerprint density at radius 1 is 1.08 bits per heavy atom. The van der Waals surface area contributed by atoms with Gasteiger partial charge in [-0.15, -0.1) is 0 Å². The third-order valence-electron chi connectivity index (χ3n) is 4.61. The number of hydrogen-bond acceptors (Lipinski definition) is 4. The van der Waals surface area contributed by atoms with Gasteiger partial charge in [-0.3, -0.25) is 4.79 Å². The molecule has 3 rings (SSSR count). The number of para-hydroxylation sites is 1. The van der Waals surface area contributed by atoms with Crippen LogP contribution in [0.3, 0.4) is 0 Å². The van der Waals surface area contributed by atoms with Gasteiger partial charge in [-0.25, -0.2) is 8.42 Å². The van der Waals surface area contributed by atoms with Crippen LogP contribution >= 0.6 is 0 Å². The summed E-state index contributed by atoms with van der Waals surface area (Å²) in [6.07, 6.45) is 3.40. The molecule has 1 saturated carbocycles. The SMILES string of the molecule is CCOc1ccccc1C(=O)Nc1ccc(S(=O)(=O)C2CCCC2)cc1. The van der Waals surface area contributed by atoms with E-state index < -0.39 is 9.84 Å². The second-order valence-electron chi connectivity index (χ2n) is 6.36. The minimum atomic E-state index is -3.28. The van der Waals surface area contributed by atoms with Crippen LogP contribution in [-0.4, -0.2) is 26.2 Å². The van der Waals surface area contributed by atoms with Gasteiger partial charge in [0.1, 0.15) is 5.75 Å². The van der Waals surface area contributed by atoms with Gasteiger partial charge in [0.05, 0.1) is 22.3 Å². The first-order valence-electron chi connectivity index (χ1n) is 8.89. The molecule has 2 aromatic carbocycles. The molecule has 2 aromatic rings. The first-order valence-corrected chi connectivity index (χ1v) is 10.4. The van der Waals surface area contributed by atoms with E-state index in [9.17, 15) is 13.2 Å². The Labute approximate surface area is 154 Å². The zero-order valence-electron chi connectivity index (χ0n) is 14.8. The van der Waals surface area contributed by atoms with Gasteiger partial charge in [-0.05, 0) is 56.2 Å². The summed E-state index contributed by atoms with van der Waals surface area (Å²) >= 11 is 0. The highest BCUT2D eigenvalue weighted by molar-refractivity contribution is 7.92. The lowest BCUT2D eigenvalue weighted by Crippen LogP contribution is -2.18. The van der Waals surface area contributed by atoms with Crippen molar-refractivity contribution < 1.29 is 17.9 Å². The Morgan fingerprint density at radius 3 is 2.38 bits per heavy atom. The number of ether oxygens (including phenoxy) is 1. The molecule has 0 radical (unpaired) electrons. The number of carbonyl (C=O) groups is 1.